The molecule has 0 radical (unpaired) electrons. The molecular formula is C29H26N2O6S. The number of rotatable bonds is 8. The topological polar surface area (TPSA) is 98.2 Å². The maximum absolute atomic E-state index is 13.5. The predicted molar refractivity (Wildman–Crippen MR) is 146 cm³/mol. The second-order valence-electron chi connectivity index (χ2n) is 8.65. The first kappa shape index (κ1) is 25.3. The number of aromatic nitrogens is 1. The third kappa shape index (κ3) is 4.56. The van der Waals surface area contributed by atoms with Crippen LogP contribution >= 0.6 is 11.3 Å². The van der Waals surface area contributed by atoms with E-state index in [0.717, 1.165) is 11.1 Å². The fourth-order valence-electron chi connectivity index (χ4n) is 4.39. The van der Waals surface area contributed by atoms with E-state index >= 15 is 0 Å². The van der Waals surface area contributed by atoms with Gasteiger partial charge in [-0.1, -0.05) is 42.5 Å². The summed E-state index contributed by atoms with van der Waals surface area (Å²) in [6, 6.07) is 18.4. The zero-order chi connectivity index (χ0) is 26.8. The van der Waals surface area contributed by atoms with Gasteiger partial charge in [-0.15, -0.1) is 0 Å². The number of methoxy groups -OCH3 is 2. The van der Waals surface area contributed by atoms with Crippen LogP contribution in [0.3, 0.4) is 0 Å². The summed E-state index contributed by atoms with van der Waals surface area (Å²) in [5.74, 6) is -0.0937. The second-order valence-corrected chi connectivity index (χ2v) is 9.66. The van der Waals surface area contributed by atoms with Gasteiger partial charge in [0.05, 0.1) is 42.7 Å². The van der Waals surface area contributed by atoms with Crippen LogP contribution < -0.4 is 19.1 Å². The van der Waals surface area contributed by atoms with Crippen molar-refractivity contribution in [2.75, 3.05) is 25.7 Å². The summed E-state index contributed by atoms with van der Waals surface area (Å²) in [6.45, 7) is 2.51. The Bertz CT molecular complexity index is 1560. The van der Waals surface area contributed by atoms with Crippen LogP contribution in [-0.2, 0) is 9.59 Å². The Morgan fingerprint density at radius 2 is 1.71 bits per heavy atom. The summed E-state index contributed by atoms with van der Waals surface area (Å²) in [4.78, 5) is 33.0. The van der Waals surface area contributed by atoms with Crippen LogP contribution in [-0.4, -0.2) is 42.6 Å². The standard InChI is InChI=1S/C29H26N2O6S/c1-4-13-37-21-10-6-8-18(15-21)26(32)24-25(17-7-5-9-19(14-17)35-2)31(28(34)27(24)33)29-30-22-12-11-20(36-3)16-23(22)38-29/h5-12,14-16,25,32H,4,13H2,1-3H3. The molecule has 1 aliphatic heterocycles. The Balaban J connectivity index is 1.69. The van der Waals surface area contributed by atoms with Crippen LogP contribution in [0.15, 0.2) is 72.3 Å². The van der Waals surface area contributed by atoms with Crippen LogP contribution in [0.2, 0.25) is 0 Å². The van der Waals surface area contributed by atoms with Crippen LogP contribution in [0.25, 0.3) is 16.0 Å². The summed E-state index contributed by atoms with van der Waals surface area (Å²) in [5, 5.41) is 11.8. The fourth-order valence-corrected chi connectivity index (χ4v) is 5.41. The van der Waals surface area contributed by atoms with Crippen molar-refractivity contribution < 1.29 is 28.9 Å². The number of carbonyl (C=O) groups is 2. The molecular weight excluding hydrogens is 504 g/mol. The lowest BCUT2D eigenvalue weighted by molar-refractivity contribution is -0.132. The zero-order valence-corrected chi connectivity index (χ0v) is 22.0. The lowest BCUT2D eigenvalue weighted by Gasteiger charge is -2.23. The van der Waals surface area contributed by atoms with Crippen molar-refractivity contribution in [3.05, 3.63) is 83.4 Å². The number of hydrogen-bond acceptors (Lipinski definition) is 8. The molecule has 8 nitrogen and oxygen atoms in total. The quantitative estimate of drug-likeness (QED) is 0.177. The number of amides is 1. The van der Waals surface area contributed by atoms with E-state index in [1.165, 1.54) is 16.2 Å². The van der Waals surface area contributed by atoms with Crippen LogP contribution in [0.4, 0.5) is 5.13 Å². The highest BCUT2D eigenvalue weighted by Gasteiger charge is 2.48. The van der Waals surface area contributed by atoms with Crippen molar-refractivity contribution in [3.8, 4) is 17.2 Å². The van der Waals surface area contributed by atoms with E-state index in [2.05, 4.69) is 4.98 Å². The molecule has 0 bridgehead atoms. The zero-order valence-electron chi connectivity index (χ0n) is 21.1. The van der Waals surface area contributed by atoms with E-state index in [0.29, 0.717) is 45.6 Å². The molecule has 5 rings (SSSR count). The van der Waals surface area contributed by atoms with Crippen molar-refractivity contribution in [2.24, 2.45) is 0 Å². The Hall–Kier alpha value is -4.37. The fraction of sp³-hybridized carbons (Fsp3) is 0.207. The van der Waals surface area contributed by atoms with E-state index in [-0.39, 0.29) is 11.3 Å². The number of ether oxygens (including phenoxy) is 3. The van der Waals surface area contributed by atoms with Gasteiger partial charge in [-0.2, -0.15) is 0 Å². The monoisotopic (exact) mass is 530 g/mol. The summed E-state index contributed by atoms with van der Waals surface area (Å²) >= 11 is 1.27. The van der Waals surface area contributed by atoms with Gasteiger partial charge < -0.3 is 19.3 Å². The lowest BCUT2D eigenvalue weighted by Crippen LogP contribution is -2.29. The summed E-state index contributed by atoms with van der Waals surface area (Å²) < 4.78 is 17.2. The average Bonchev–Trinajstić information content (AvgIpc) is 3.49. The molecule has 194 valence electrons. The molecule has 1 unspecified atom stereocenters. The molecule has 1 amide bonds. The molecule has 1 N–H and O–H groups in total. The number of anilines is 1. The van der Waals surface area contributed by atoms with Gasteiger partial charge in [0, 0.05) is 5.56 Å². The Kier molecular flexibility index (Phi) is 7.02. The molecule has 1 saturated heterocycles. The van der Waals surface area contributed by atoms with Crippen molar-refractivity contribution in [1.82, 2.24) is 4.98 Å². The molecule has 0 aliphatic carbocycles. The molecule has 3 aromatic carbocycles. The molecule has 1 aromatic heterocycles. The van der Waals surface area contributed by atoms with Crippen molar-refractivity contribution in [2.45, 2.75) is 19.4 Å². The number of fused-ring (bicyclic) bond motifs is 1. The van der Waals surface area contributed by atoms with Gasteiger partial charge in [-0.05, 0) is 54.4 Å². The minimum absolute atomic E-state index is 0.0345. The first-order valence-electron chi connectivity index (χ1n) is 12.1. The molecule has 2 heterocycles. The highest BCUT2D eigenvalue weighted by Crippen LogP contribution is 2.45. The van der Waals surface area contributed by atoms with Gasteiger partial charge in [0.1, 0.15) is 23.0 Å². The summed E-state index contributed by atoms with van der Waals surface area (Å²) in [7, 11) is 3.12. The number of hydrogen-bond donors (Lipinski definition) is 1. The first-order valence-corrected chi connectivity index (χ1v) is 12.9. The van der Waals surface area contributed by atoms with Crippen LogP contribution in [0.1, 0.15) is 30.5 Å². The largest absolute Gasteiger partial charge is 0.507 e. The predicted octanol–water partition coefficient (Wildman–Crippen LogP) is 5.73. The second kappa shape index (κ2) is 10.5. The number of aliphatic hydroxyl groups is 1. The Morgan fingerprint density at radius 1 is 0.974 bits per heavy atom. The van der Waals surface area contributed by atoms with E-state index in [1.807, 2.05) is 13.0 Å². The molecule has 0 spiro atoms. The van der Waals surface area contributed by atoms with Gasteiger partial charge in [-0.3, -0.25) is 14.5 Å². The SMILES string of the molecule is CCCOc1cccc(C(O)=C2C(=O)C(=O)N(c3nc4ccc(OC)cc4s3)C2c2cccc(OC)c2)c1. The van der Waals surface area contributed by atoms with E-state index in [4.69, 9.17) is 14.2 Å². The van der Waals surface area contributed by atoms with E-state index in [9.17, 15) is 14.7 Å². The summed E-state index contributed by atoms with van der Waals surface area (Å²) in [5.41, 5.74) is 1.60. The smallest absolute Gasteiger partial charge is 0.301 e. The number of ketones is 1. The lowest BCUT2D eigenvalue weighted by atomic mass is 9.95. The molecule has 0 saturated carbocycles. The van der Waals surface area contributed by atoms with Gasteiger partial charge in [0.2, 0.25) is 0 Å². The molecule has 1 fully saturated rings. The summed E-state index contributed by atoms with van der Waals surface area (Å²) in [6.07, 6.45) is 0.825. The van der Waals surface area contributed by atoms with Gasteiger partial charge >= 0.3 is 5.91 Å². The van der Waals surface area contributed by atoms with Crippen molar-refractivity contribution in [3.63, 3.8) is 0 Å². The molecule has 4 aromatic rings. The third-order valence-corrected chi connectivity index (χ3v) is 7.24. The normalized spacial score (nSPS) is 16.7. The number of carbonyl (C=O) groups excluding carboxylic acids is 2. The first-order chi connectivity index (χ1) is 18.4. The van der Waals surface area contributed by atoms with Gasteiger partial charge in [-0.25, -0.2) is 4.98 Å². The molecule has 38 heavy (non-hydrogen) atoms. The minimum atomic E-state index is -0.923. The maximum Gasteiger partial charge on any atom is 0.301 e. The number of benzene rings is 3. The van der Waals surface area contributed by atoms with Gasteiger partial charge in [0.25, 0.3) is 5.78 Å². The number of thiazole rings is 1. The number of Topliss-reactive ketones (excluding diaryl/α,β-unsaturated/α-hetero) is 1. The minimum Gasteiger partial charge on any atom is -0.507 e. The maximum atomic E-state index is 13.5. The van der Waals surface area contributed by atoms with Crippen molar-refractivity contribution in [1.29, 1.82) is 0 Å². The average molecular weight is 531 g/mol. The van der Waals surface area contributed by atoms with E-state index < -0.39 is 17.7 Å². The molecule has 1 atom stereocenters. The third-order valence-electron chi connectivity index (χ3n) is 6.22. The number of aliphatic hydroxyl groups excluding tert-OH is 1. The van der Waals surface area contributed by atoms with E-state index in [1.54, 1.807) is 74.9 Å². The highest BCUT2D eigenvalue weighted by atomic mass is 32.1. The van der Waals surface area contributed by atoms with Crippen molar-refractivity contribution >= 4 is 44.1 Å². The molecule has 1 aliphatic rings. The molecule has 9 heteroatoms. The van der Waals surface area contributed by atoms with Gasteiger partial charge in [0.15, 0.2) is 5.13 Å². The van der Waals surface area contributed by atoms with Crippen LogP contribution in [0.5, 0.6) is 17.2 Å². The highest BCUT2D eigenvalue weighted by molar-refractivity contribution is 7.22. The van der Waals surface area contributed by atoms with Crippen LogP contribution in [0, 0.1) is 0 Å². The Morgan fingerprint density at radius 3 is 2.47 bits per heavy atom. The Labute approximate surface area is 223 Å². The number of nitrogens with zero attached hydrogens (tertiary/aromatic N) is 2.